The number of rotatable bonds is 14. The van der Waals surface area contributed by atoms with Crippen LogP contribution in [0.1, 0.15) is 169 Å². The lowest BCUT2D eigenvalue weighted by atomic mass is 9.91. The third kappa shape index (κ3) is 63.3. The van der Waals surface area contributed by atoms with E-state index in [1.165, 1.54) is 32.4 Å². The van der Waals surface area contributed by atoms with Gasteiger partial charge in [-0.1, -0.05) is 140 Å². The number of esters is 1. The lowest BCUT2D eigenvalue weighted by Crippen LogP contribution is -2.48. The van der Waals surface area contributed by atoms with E-state index in [-0.39, 0.29) is 35.2 Å². The number of nitrogens with zero attached hydrogens (tertiary/aromatic N) is 2. The minimum absolute atomic E-state index is 0.160. The zero-order valence-corrected chi connectivity index (χ0v) is 47.4. The fourth-order valence-corrected chi connectivity index (χ4v) is 6.07. The van der Waals surface area contributed by atoms with Gasteiger partial charge in [-0.3, -0.25) is 10.2 Å². The molecule has 0 saturated carbocycles. The van der Waals surface area contributed by atoms with Crippen molar-refractivity contribution in [3.8, 4) is 0 Å². The van der Waals surface area contributed by atoms with Gasteiger partial charge >= 0.3 is 12.1 Å². The highest BCUT2D eigenvalue weighted by molar-refractivity contribution is 8.02. The first-order chi connectivity index (χ1) is 31.0. The Balaban J connectivity index is -0.0000000919. The number of piperidine rings is 1. The molecule has 1 heterocycles. The predicted molar refractivity (Wildman–Crippen MR) is 287 cm³/mol. The molecule has 0 radical (unpaired) electrons. The number of carbonyl (C=O) groups is 4. The van der Waals surface area contributed by atoms with Crippen LogP contribution in [-0.2, 0) is 30.3 Å². The second-order valence-corrected chi connectivity index (χ2v) is 15.4. The maximum atomic E-state index is 11.7. The number of likely N-dealkylation sites (tertiary alicyclic amines) is 1. The van der Waals surface area contributed by atoms with Crippen LogP contribution in [0.15, 0.2) is 41.8 Å². The topological polar surface area (TPSA) is 198 Å². The Labute approximate surface area is 408 Å². The summed E-state index contributed by atoms with van der Waals surface area (Å²) in [6.07, 6.45) is 9.27. The molecule has 394 valence electrons. The van der Waals surface area contributed by atoms with Gasteiger partial charge in [0.2, 0.25) is 0 Å². The molecule has 14 heteroatoms. The number of hydrazine groups is 1. The Morgan fingerprint density at radius 3 is 1.60 bits per heavy atom. The van der Waals surface area contributed by atoms with Crippen molar-refractivity contribution < 1.29 is 38.9 Å². The van der Waals surface area contributed by atoms with Gasteiger partial charge in [-0.15, -0.1) is 11.8 Å². The van der Waals surface area contributed by atoms with E-state index >= 15 is 0 Å². The monoisotopic (exact) mass is 954 g/mol. The lowest BCUT2D eigenvalue weighted by molar-refractivity contribution is -0.147. The van der Waals surface area contributed by atoms with Crippen molar-refractivity contribution in [2.24, 2.45) is 29.2 Å². The number of hydrogen-bond acceptors (Lipinski definition) is 13. The summed E-state index contributed by atoms with van der Waals surface area (Å²) in [5.74, 6) is 1.17. The Morgan fingerprint density at radius 1 is 0.846 bits per heavy atom. The molecular formula is C51H111N5O8S. The van der Waals surface area contributed by atoms with Crippen LogP contribution in [0.3, 0.4) is 0 Å². The number of allylic oxidation sites excluding steroid dienone is 1. The van der Waals surface area contributed by atoms with E-state index in [1.807, 2.05) is 104 Å². The van der Waals surface area contributed by atoms with Crippen molar-refractivity contribution >= 4 is 37.4 Å². The molecule has 1 aromatic carbocycles. The SMILES string of the molecule is C=O.C=O.CC.CC.CC.CC.CC(C)(C)OC(=O)N1CCCCC1.CCC.CN.CNN(C)C(CC(OC(C)=O)C(N)S/C=C/C(Cc1ccccc1)CC(C)C)C(C)C.CO.CO. The third-order valence-electron chi connectivity index (χ3n) is 7.49. The molecule has 1 amide bonds. The number of aliphatic hydroxyl groups is 2. The van der Waals surface area contributed by atoms with Gasteiger partial charge in [-0.05, 0) is 95.7 Å². The number of amides is 1. The molecule has 1 aliphatic heterocycles. The molecule has 65 heavy (non-hydrogen) atoms. The standard InChI is InChI=1S/C25H43N3O2S.C10H19NO2.C3H8.4C2H6.CH5N.2CH4O.2CH2O/c1-18(2)15-22(16-21-11-9-8-10-12-21)13-14-31-25(26)24(30-20(5)29)17-23(19(3)4)28(7)27-6;1-10(2,3)13-9(12)11-7-5-4-6-8-11;1-3-2;9*1-2/h8-14,18-19,22-25,27H,15-17,26H2,1-7H3;4-8H2,1-3H3;3H2,1-2H3;4*1-2H3;2H2,1H3;2*2H,1H3;2*1H2/b14-13+;;;;;;;;;;;. The van der Waals surface area contributed by atoms with Crippen LogP contribution in [0.5, 0.6) is 0 Å². The molecule has 0 bridgehead atoms. The third-order valence-corrected chi connectivity index (χ3v) is 8.42. The highest BCUT2D eigenvalue weighted by Crippen LogP contribution is 2.25. The summed E-state index contributed by atoms with van der Waals surface area (Å²) in [5.41, 5.74) is 15.1. The Kier molecular flexibility index (Phi) is 92.3. The largest absolute Gasteiger partial charge is 0.460 e. The number of benzene rings is 1. The molecular weight excluding hydrogens is 843 g/mol. The fraction of sp³-hybridized carbons (Fsp3) is 0.765. The summed E-state index contributed by atoms with van der Waals surface area (Å²) in [7, 11) is 7.41. The van der Waals surface area contributed by atoms with Gasteiger partial charge in [0.05, 0.1) is 5.37 Å². The van der Waals surface area contributed by atoms with Gasteiger partial charge in [0, 0.05) is 53.7 Å². The smallest absolute Gasteiger partial charge is 0.410 e. The van der Waals surface area contributed by atoms with Crippen molar-refractivity contribution in [3.63, 3.8) is 0 Å². The van der Waals surface area contributed by atoms with Crippen molar-refractivity contribution in [2.45, 2.75) is 193 Å². The average Bonchev–Trinajstić information content (AvgIpc) is 3.33. The molecule has 7 N–H and O–H groups in total. The highest BCUT2D eigenvalue weighted by atomic mass is 32.2. The quantitative estimate of drug-likeness (QED) is 0.0671. The van der Waals surface area contributed by atoms with Crippen LogP contribution in [0.4, 0.5) is 4.79 Å². The van der Waals surface area contributed by atoms with E-state index in [0.29, 0.717) is 24.2 Å². The summed E-state index contributed by atoms with van der Waals surface area (Å²) in [6.45, 7) is 42.0. The summed E-state index contributed by atoms with van der Waals surface area (Å²) in [4.78, 5) is 41.0. The first-order valence-corrected chi connectivity index (χ1v) is 24.7. The Morgan fingerprint density at radius 2 is 1.26 bits per heavy atom. The van der Waals surface area contributed by atoms with Crippen LogP contribution < -0.4 is 16.9 Å². The maximum Gasteiger partial charge on any atom is 0.410 e. The van der Waals surface area contributed by atoms with Crippen LogP contribution in [-0.4, -0.2) is 117 Å². The number of hydrogen-bond donors (Lipinski definition) is 5. The Hall–Kier alpha value is -2.85. The van der Waals surface area contributed by atoms with E-state index in [4.69, 9.17) is 35.0 Å². The van der Waals surface area contributed by atoms with Gasteiger partial charge in [0.25, 0.3) is 0 Å². The number of ether oxygens (including phenoxy) is 2. The maximum absolute atomic E-state index is 11.7. The fourth-order valence-electron chi connectivity index (χ4n) is 5.23. The second-order valence-electron chi connectivity index (χ2n) is 14.3. The van der Waals surface area contributed by atoms with E-state index in [1.54, 1.807) is 16.7 Å². The summed E-state index contributed by atoms with van der Waals surface area (Å²) < 4.78 is 10.9. The van der Waals surface area contributed by atoms with Crippen LogP contribution in [0, 0.1) is 17.8 Å². The molecule has 1 aliphatic rings. The van der Waals surface area contributed by atoms with Crippen LogP contribution >= 0.6 is 11.8 Å². The van der Waals surface area contributed by atoms with Gasteiger partial charge in [-0.25, -0.2) is 9.80 Å². The molecule has 0 aliphatic carbocycles. The predicted octanol–water partition coefficient (Wildman–Crippen LogP) is 11.2. The average molecular weight is 955 g/mol. The minimum Gasteiger partial charge on any atom is -0.460 e. The zero-order valence-electron chi connectivity index (χ0n) is 46.6. The lowest BCUT2D eigenvalue weighted by Gasteiger charge is -2.34. The van der Waals surface area contributed by atoms with E-state index in [0.717, 1.165) is 53.0 Å². The van der Waals surface area contributed by atoms with E-state index in [9.17, 15) is 9.59 Å². The highest BCUT2D eigenvalue weighted by Gasteiger charge is 2.29. The van der Waals surface area contributed by atoms with E-state index < -0.39 is 0 Å². The molecule has 1 fully saturated rings. The van der Waals surface area contributed by atoms with Crippen LogP contribution in [0.2, 0.25) is 0 Å². The molecule has 13 nitrogen and oxygen atoms in total. The van der Waals surface area contributed by atoms with Crippen molar-refractivity contribution in [1.29, 1.82) is 0 Å². The first-order valence-electron chi connectivity index (χ1n) is 23.8. The Bertz CT molecular complexity index is 1030. The van der Waals surface area contributed by atoms with Gasteiger partial charge in [0.1, 0.15) is 25.3 Å². The van der Waals surface area contributed by atoms with E-state index in [2.05, 4.69) is 99.5 Å². The summed E-state index contributed by atoms with van der Waals surface area (Å²) >= 11 is 1.55. The number of carbonyl (C=O) groups excluding carboxylic acids is 4. The normalized spacial score (nSPS) is 12.4. The molecule has 0 aromatic heterocycles. The number of aliphatic hydroxyl groups excluding tert-OH is 2. The summed E-state index contributed by atoms with van der Waals surface area (Å²) in [5, 5.41) is 17.8. The molecule has 4 atom stereocenters. The van der Waals surface area contributed by atoms with Crippen molar-refractivity contribution in [1.82, 2.24) is 15.3 Å². The van der Waals surface area contributed by atoms with Gasteiger partial charge in [-0.2, -0.15) is 0 Å². The molecule has 2 rings (SSSR count). The second kappa shape index (κ2) is 70.2. The number of nitrogens with one attached hydrogen (secondary N) is 1. The minimum atomic E-state index is -0.367. The summed E-state index contributed by atoms with van der Waals surface area (Å²) in [6, 6.07) is 10.8. The molecule has 1 aromatic rings. The molecule has 1 saturated heterocycles. The number of nitrogens with two attached hydrogens (primary N) is 2. The van der Waals surface area contributed by atoms with Gasteiger partial charge < -0.3 is 45.6 Å². The molecule has 4 unspecified atom stereocenters. The molecule has 0 spiro atoms. The van der Waals surface area contributed by atoms with Crippen LogP contribution in [0.25, 0.3) is 0 Å². The first kappa shape index (κ1) is 85.5. The zero-order chi connectivity index (χ0) is 54.0. The van der Waals surface area contributed by atoms with Gasteiger partial charge in [0.15, 0.2) is 0 Å². The van der Waals surface area contributed by atoms with Crippen molar-refractivity contribution in [2.75, 3.05) is 48.5 Å². The number of thioether (sulfide) groups is 1. The van der Waals surface area contributed by atoms with Crippen molar-refractivity contribution in [3.05, 3.63) is 47.4 Å².